The number of methoxy groups -OCH3 is 1. The number of nitrogens with one attached hydrogen (secondary N) is 1. The number of carbonyl (C=O) groups excluding carboxylic acids is 1. The number of benzene rings is 3. The zero-order valence-electron chi connectivity index (χ0n) is 18.4. The van der Waals surface area contributed by atoms with Crippen molar-refractivity contribution in [2.24, 2.45) is 5.73 Å². The maximum absolute atomic E-state index is 12.4. The molecule has 0 atom stereocenters. The minimum Gasteiger partial charge on any atom is -0.497 e. The molecule has 0 radical (unpaired) electrons. The van der Waals surface area contributed by atoms with E-state index in [1.54, 1.807) is 19.2 Å². The molecule has 0 unspecified atom stereocenters. The lowest BCUT2D eigenvalue weighted by atomic mass is 10.0. The number of hydrogen-bond acceptors (Lipinski definition) is 5. The van der Waals surface area contributed by atoms with E-state index in [0.29, 0.717) is 29.0 Å². The highest BCUT2D eigenvalue weighted by atomic mass is 32.2. The van der Waals surface area contributed by atoms with Crippen LogP contribution in [0.2, 0.25) is 0 Å². The van der Waals surface area contributed by atoms with E-state index in [-0.39, 0.29) is 13.2 Å². The normalized spacial score (nSPS) is 11.7. The molecule has 0 fully saturated rings. The molecule has 3 aromatic carbocycles. The number of fused-ring (bicyclic) bond motifs is 3. The molecule has 4 aromatic rings. The van der Waals surface area contributed by atoms with Gasteiger partial charge in [-0.15, -0.1) is 0 Å². The first-order chi connectivity index (χ1) is 15.8. The maximum atomic E-state index is 12.4. The van der Waals surface area contributed by atoms with Gasteiger partial charge in [0.25, 0.3) is 0 Å². The first-order valence-corrected chi connectivity index (χ1v) is 12.2. The Hall–Kier alpha value is -3.56. The van der Waals surface area contributed by atoms with E-state index in [1.165, 1.54) is 0 Å². The number of rotatable bonds is 9. The van der Waals surface area contributed by atoms with Gasteiger partial charge >= 0.3 is 0 Å². The Morgan fingerprint density at radius 1 is 1.03 bits per heavy atom. The number of carbonyl (C=O) groups is 1. The van der Waals surface area contributed by atoms with Crippen LogP contribution in [0.15, 0.2) is 60.7 Å². The second kappa shape index (κ2) is 9.13. The molecule has 0 aliphatic carbocycles. The Morgan fingerprint density at radius 3 is 2.45 bits per heavy atom. The van der Waals surface area contributed by atoms with Crippen LogP contribution in [0.4, 0.5) is 0 Å². The van der Waals surface area contributed by atoms with Crippen LogP contribution in [-0.2, 0) is 16.6 Å². The quantitative estimate of drug-likeness (QED) is 0.368. The number of ether oxygens (including phenoxy) is 2. The lowest BCUT2D eigenvalue weighted by Crippen LogP contribution is -2.26. The van der Waals surface area contributed by atoms with Gasteiger partial charge in [-0.05, 0) is 23.8 Å². The van der Waals surface area contributed by atoms with Crippen LogP contribution in [0.3, 0.4) is 0 Å². The summed E-state index contributed by atoms with van der Waals surface area (Å²) in [5.74, 6) is 0.478. The van der Waals surface area contributed by atoms with E-state index in [2.05, 4.69) is 9.29 Å². The molecule has 0 saturated carbocycles. The lowest BCUT2D eigenvalue weighted by molar-refractivity contribution is 0.100. The van der Waals surface area contributed by atoms with E-state index in [9.17, 15) is 13.2 Å². The van der Waals surface area contributed by atoms with Crippen LogP contribution in [0.5, 0.6) is 11.5 Å². The van der Waals surface area contributed by atoms with Crippen LogP contribution in [0.25, 0.3) is 21.8 Å². The summed E-state index contributed by atoms with van der Waals surface area (Å²) >= 11 is 0. The van der Waals surface area contributed by atoms with Crippen LogP contribution < -0.4 is 19.9 Å². The largest absolute Gasteiger partial charge is 0.497 e. The predicted molar refractivity (Wildman–Crippen MR) is 128 cm³/mol. The van der Waals surface area contributed by atoms with Crippen LogP contribution in [0.1, 0.15) is 15.9 Å². The van der Waals surface area contributed by atoms with Crippen molar-refractivity contribution in [3.63, 3.8) is 0 Å². The highest BCUT2D eigenvalue weighted by Crippen LogP contribution is 2.39. The monoisotopic (exact) mass is 467 g/mol. The number of amides is 1. The molecule has 33 heavy (non-hydrogen) atoms. The molecule has 4 rings (SSSR count). The van der Waals surface area contributed by atoms with Gasteiger partial charge in [0.1, 0.15) is 18.1 Å². The van der Waals surface area contributed by atoms with Gasteiger partial charge < -0.3 is 19.8 Å². The topological polar surface area (TPSA) is 113 Å². The van der Waals surface area contributed by atoms with Crippen LogP contribution in [0, 0.1) is 0 Å². The van der Waals surface area contributed by atoms with Crippen molar-refractivity contribution in [3.8, 4) is 11.5 Å². The van der Waals surface area contributed by atoms with Gasteiger partial charge in [-0.25, -0.2) is 13.1 Å². The van der Waals surface area contributed by atoms with Gasteiger partial charge in [0, 0.05) is 24.5 Å². The molecule has 0 bridgehead atoms. The van der Waals surface area contributed by atoms with Crippen molar-refractivity contribution in [1.82, 2.24) is 9.29 Å². The van der Waals surface area contributed by atoms with Gasteiger partial charge in [-0.1, -0.05) is 36.4 Å². The molecule has 3 N–H and O–H groups in total. The second-order valence-corrected chi connectivity index (χ2v) is 9.50. The summed E-state index contributed by atoms with van der Waals surface area (Å²) in [5.41, 5.74) is 8.81. The van der Waals surface area contributed by atoms with Gasteiger partial charge in [0.05, 0.1) is 35.3 Å². The molecule has 1 aromatic heterocycles. The van der Waals surface area contributed by atoms with E-state index in [4.69, 9.17) is 15.2 Å². The standard InChI is InChI=1S/C24H25N3O5S/c1-31-17-13-18(24(25)28)22-20(14-17)27(15-16-7-4-3-5-8-16)19-9-6-10-21(23(19)22)32-12-11-26-33(2,29)30/h3-10,13-14,26H,11-12,15H2,1-2H3,(H2,25,28). The SMILES string of the molecule is COc1cc(C(N)=O)c2c3c(OCCNS(C)(=O)=O)cccc3n(Cc3ccccc3)c2c1. The second-order valence-electron chi connectivity index (χ2n) is 7.67. The van der Waals surface area contributed by atoms with Crippen molar-refractivity contribution >= 4 is 37.7 Å². The highest BCUT2D eigenvalue weighted by Gasteiger charge is 2.21. The number of sulfonamides is 1. The summed E-state index contributed by atoms with van der Waals surface area (Å²) in [6, 6.07) is 19.1. The molecular weight excluding hydrogens is 442 g/mol. The third kappa shape index (κ3) is 4.79. The third-order valence-corrected chi connectivity index (χ3v) is 6.06. The zero-order chi connectivity index (χ0) is 23.6. The molecule has 0 saturated heterocycles. The molecule has 8 nitrogen and oxygen atoms in total. The fourth-order valence-corrected chi connectivity index (χ4v) is 4.41. The summed E-state index contributed by atoms with van der Waals surface area (Å²) in [4.78, 5) is 12.4. The summed E-state index contributed by atoms with van der Waals surface area (Å²) in [6.45, 7) is 0.805. The fourth-order valence-electron chi connectivity index (χ4n) is 3.96. The molecule has 172 valence electrons. The zero-order valence-corrected chi connectivity index (χ0v) is 19.2. The Kier molecular flexibility index (Phi) is 6.26. The Morgan fingerprint density at radius 2 is 1.79 bits per heavy atom. The summed E-state index contributed by atoms with van der Waals surface area (Å²) in [6.07, 6.45) is 1.09. The average molecular weight is 468 g/mol. The van der Waals surface area contributed by atoms with Gasteiger partial charge in [-0.2, -0.15) is 0 Å². The fraction of sp³-hybridized carbons (Fsp3) is 0.208. The molecule has 9 heteroatoms. The first kappa shape index (κ1) is 22.6. The molecule has 1 heterocycles. The average Bonchev–Trinajstić information content (AvgIpc) is 3.10. The predicted octanol–water partition coefficient (Wildman–Crippen LogP) is 2.88. The Bertz CT molecular complexity index is 1430. The van der Waals surface area contributed by atoms with E-state index >= 15 is 0 Å². The molecular formula is C24H25N3O5S. The smallest absolute Gasteiger partial charge is 0.249 e. The maximum Gasteiger partial charge on any atom is 0.249 e. The molecule has 0 spiro atoms. The van der Waals surface area contributed by atoms with Crippen molar-refractivity contribution in [2.75, 3.05) is 26.5 Å². The minimum absolute atomic E-state index is 0.119. The van der Waals surface area contributed by atoms with Crippen LogP contribution >= 0.6 is 0 Å². The minimum atomic E-state index is -3.32. The third-order valence-electron chi connectivity index (χ3n) is 5.34. The summed E-state index contributed by atoms with van der Waals surface area (Å²) < 4.78 is 38.6. The van der Waals surface area contributed by atoms with Crippen LogP contribution in [-0.4, -0.2) is 45.4 Å². The molecule has 0 aliphatic rings. The van der Waals surface area contributed by atoms with E-state index in [1.807, 2.05) is 48.5 Å². The number of nitrogens with zero attached hydrogens (tertiary/aromatic N) is 1. The van der Waals surface area contributed by atoms with Crippen molar-refractivity contribution in [2.45, 2.75) is 6.54 Å². The van der Waals surface area contributed by atoms with E-state index in [0.717, 1.165) is 28.2 Å². The number of hydrogen-bond donors (Lipinski definition) is 2. The number of nitrogens with two attached hydrogens (primary N) is 1. The Labute approximate surface area is 191 Å². The van der Waals surface area contributed by atoms with E-state index < -0.39 is 15.9 Å². The molecule has 1 amide bonds. The first-order valence-electron chi connectivity index (χ1n) is 10.3. The number of aromatic nitrogens is 1. The van der Waals surface area contributed by atoms with Crippen molar-refractivity contribution in [3.05, 3.63) is 71.8 Å². The van der Waals surface area contributed by atoms with Crippen molar-refractivity contribution in [1.29, 1.82) is 0 Å². The highest BCUT2D eigenvalue weighted by molar-refractivity contribution is 7.88. The van der Waals surface area contributed by atoms with Crippen molar-refractivity contribution < 1.29 is 22.7 Å². The lowest BCUT2D eigenvalue weighted by Gasteiger charge is -2.10. The van der Waals surface area contributed by atoms with Gasteiger partial charge in [0.2, 0.25) is 15.9 Å². The molecule has 0 aliphatic heterocycles. The van der Waals surface area contributed by atoms with Gasteiger partial charge in [-0.3, -0.25) is 4.79 Å². The summed E-state index contributed by atoms with van der Waals surface area (Å²) in [5, 5.41) is 1.40. The summed E-state index contributed by atoms with van der Waals surface area (Å²) in [7, 11) is -1.78. The number of primary amides is 1. The van der Waals surface area contributed by atoms with Gasteiger partial charge in [0.15, 0.2) is 0 Å². The Balaban J connectivity index is 1.92.